The number of rotatable bonds is 5. The first kappa shape index (κ1) is 17.0. The zero-order valence-corrected chi connectivity index (χ0v) is 15.1. The molecule has 0 aromatic heterocycles. The molecule has 4 rings (SSSR count). The van der Waals surface area contributed by atoms with Crippen molar-refractivity contribution in [2.45, 2.75) is 32.1 Å². The zero-order chi connectivity index (χ0) is 17.3. The molecule has 4 nitrogen and oxygen atoms in total. The van der Waals surface area contributed by atoms with Gasteiger partial charge in [-0.25, -0.2) is 0 Å². The summed E-state index contributed by atoms with van der Waals surface area (Å²) >= 11 is 0. The molecule has 2 saturated carbocycles. The van der Waals surface area contributed by atoms with Crippen molar-refractivity contribution in [3.63, 3.8) is 0 Å². The first-order valence-corrected chi connectivity index (χ1v) is 9.88. The molecule has 1 saturated heterocycles. The van der Waals surface area contributed by atoms with Gasteiger partial charge in [0.15, 0.2) is 0 Å². The fourth-order valence-corrected chi connectivity index (χ4v) is 5.59. The molecule has 1 aromatic carbocycles. The maximum atomic E-state index is 13.6. The summed E-state index contributed by atoms with van der Waals surface area (Å²) in [6.07, 6.45) is 5.79. The van der Waals surface area contributed by atoms with Crippen LogP contribution in [0.4, 0.5) is 0 Å². The molecule has 0 radical (unpaired) electrons. The molecule has 1 amide bonds. The van der Waals surface area contributed by atoms with E-state index in [1.54, 1.807) is 0 Å². The topological polar surface area (TPSA) is 43.8 Å². The Bertz CT molecular complexity index is 597. The number of aliphatic hydroxyl groups excluding tert-OH is 1. The normalized spacial score (nSPS) is 32.3. The molecule has 1 heterocycles. The Morgan fingerprint density at radius 3 is 2.48 bits per heavy atom. The van der Waals surface area contributed by atoms with Gasteiger partial charge in [0.05, 0.1) is 12.0 Å². The highest BCUT2D eigenvalue weighted by molar-refractivity contribution is 5.84. The third-order valence-corrected chi connectivity index (χ3v) is 6.84. The second kappa shape index (κ2) is 7.08. The molecule has 2 aliphatic carbocycles. The van der Waals surface area contributed by atoms with Crippen LogP contribution in [0.15, 0.2) is 30.3 Å². The molecule has 1 N–H and O–H groups in total. The zero-order valence-electron chi connectivity index (χ0n) is 15.1. The van der Waals surface area contributed by atoms with Gasteiger partial charge in [-0.15, -0.1) is 0 Å². The minimum atomic E-state index is -0.163. The lowest BCUT2D eigenvalue weighted by molar-refractivity contribution is -0.147. The van der Waals surface area contributed by atoms with Crippen LogP contribution in [0.25, 0.3) is 0 Å². The van der Waals surface area contributed by atoms with E-state index in [1.807, 2.05) is 0 Å². The molecule has 3 aliphatic rings. The first-order valence-electron chi connectivity index (χ1n) is 9.88. The van der Waals surface area contributed by atoms with Gasteiger partial charge in [0.25, 0.3) is 0 Å². The molecule has 2 bridgehead atoms. The predicted octanol–water partition coefficient (Wildman–Crippen LogP) is 2.17. The summed E-state index contributed by atoms with van der Waals surface area (Å²) in [5.74, 6) is 1.74. The number of piperazine rings is 1. The quantitative estimate of drug-likeness (QED) is 0.892. The maximum absolute atomic E-state index is 13.6. The molecule has 4 heteroatoms. The Hall–Kier alpha value is -1.39. The van der Waals surface area contributed by atoms with Gasteiger partial charge in [-0.1, -0.05) is 36.8 Å². The summed E-state index contributed by atoms with van der Waals surface area (Å²) in [6, 6.07) is 10.6. The van der Waals surface area contributed by atoms with Crippen molar-refractivity contribution in [3.05, 3.63) is 35.9 Å². The van der Waals surface area contributed by atoms with Crippen molar-refractivity contribution in [1.29, 1.82) is 0 Å². The summed E-state index contributed by atoms with van der Waals surface area (Å²) in [5, 5.41) is 9.12. The Balaban J connectivity index is 1.52. The lowest BCUT2D eigenvalue weighted by Gasteiger charge is -2.43. The largest absolute Gasteiger partial charge is 0.395 e. The van der Waals surface area contributed by atoms with Gasteiger partial charge in [-0.05, 0) is 43.1 Å². The smallest absolute Gasteiger partial charge is 0.229 e. The predicted molar refractivity (Wildman–Crippen MR) is 98.1 cm³/mol. The maximum Gasteiger partial charge on any atom is 0.229 e. The van der Waals surface area contributed by atoms with Crippen LogP contribution in [0.3, 0.4) is 0 Å². The average Bonchev–Trinajstić information content (AvgIpc) is 3.25. The van der Waals surface area contributed by atoms with Crippen molar-refractivity contribution in [2.24, 2.45) is 17.3 Å². The van der Waals surface area contributed by atoms with E-state index in [-0.39, 0.29) is 12.0 Å². The van der Waals surface area contributed by atoms with Gasteiger partial charge >= 0.3 is 0 Å². The second-order valence-electron chi connectivity index (χ2n) is 8.26. The van der Waals surface area contributed by atoms with Crippen LogP contribution in [-0.2, 0) is 11.2 Å². The van der Waals surface area contributed by atoms with Gasteiger partial charge < -0.3 is 10.0 Å². The number of fused-ring (bicyclic) bond motifs is 2. The van der Waals surface area contributed by atoms with Crippen molar-refractivity contribution in [1.82, 2.24) is 9.80 Å². The molecule has 3 atom stereocenters. The highest BCUT2D eigenvalue weighted by Crippen LogP contribution is 2.58. The van der Waals surface area contributed by atoms with Crippen LogP contribution in [0.1, 0.15) is 31.2 Å². The van der Waals surface area contributed by atoms with Crippen LogP contribution >= 0.6 is 0 Å². The standard InChI is InChI=1S/C21H30N2O2/c24-13-12-22-8-10-23(11-9-22)20(25)21(15-17-4-2-1-3-5-17)16-18-6-7-19(21)14-18/h1-5,18-19,24H,6-16H2. The van der Waals surface area contributed by atoms with Crippen LogP contribution in [0.5, 0.6) is 0 Å². The second-order valence-corrected chi connectivity index (χ2v) is 8.26. The Kier molecular flexibility index (Phi) is 4.83. The Morgan fingerprint density at radius 1 is 1.12 bits per heavy atom. The van der Waals surface area contributed by atoms with Gasteiger partial charge in [0.2, 0.25) is 5.91 Å². The number of benzene rings is 1. The average molecular weight is 342 g/mol. The van der Waals surface area contributed by atoms with Crippen LogP contribution in [-0.4, -0.2) is 60.1 Å². The number of aliphatic hydroxyl groups is 1. The van der Waals surface area contributed by atoms with Crippen LogP contribution < -0.4 is 0 Å². The Labute approximate surface area is 150 Å². The van der Waals surface area contributed by atoms with E-state index in [0.29, 0.717) is 11.8 Å². The number of amides is 1. The first-order chi connectivity index (χ1) is 12.2. The van der Waals surface area contributed by atoms with E-state index in [0.717, 1.165) is 51.5 Å². The van der Waals surface area contributed by atoms with E-state index in [2.05, 4.69) is 40.1 Å². The lowest BCUT2D eigenvalue weighted by atomic mass is 9.68. The van der Waals surface area contributed by atoms with E-state index in [4.69, 9.17) is 5.11 Å². The summed E-state index contributed by atoms with van der Waals surface area (Å²) in [5.41, 5.74) is 1.14. The molecule has 136 valence electrons. The van der Waals surface area contributed by atoms with Gasteiger partial charge in [-0.2, -0.15) is 0 Å². The minimum absolute atomic E-state index is 0.163. The van der Waals surface area contributed by atoms with E-state index in [9.17, 15) is 4.79 Å². The summed E-state index contributed by atoms with van der Waals surface area (Å²) in [6.45, 7) is 4.33. The highest BCUT2D eigenvalue weighted by atomic mass is 16.3. The van der Waals surface area contributed by atoms with Crippen molar-refractivity contribution in [2.75, 3.05) is 39.3 Å². The molecular weight excluding hydrogens is 312 g/mol. The fraction of sp³-hybridized carbons (Fsp3) is 0.667. The number of hydrogen-bond acceptors (Lipinski definition) is 3. The van der Waals surface area contributed by atoms with E-state index in [1.165, 1.54) is 24.8 Å². The van der Waals surface area contributed by atoms with Crippen LogP contribution in [0, 0.1) is 17.3 Å². The van der Waals surface area contributed by atoms with Crippen molar-refractivity contribution >= 4 is 5.91 Å². The fourth-order valence-electron chi connectivity index (χ4n) is 5.59. The minimum Gasteiger partial charge on any atom is -0.395 e. The molecule has 1 aliphatic heterocycles. The third-order valence-electron chi connectivity index (χ3n) is 6.84. The monoisotopic (exact) mass is 342 g/mol. The van der Waals surface area contributed by atoms with E-state index < -0.39 is 0 Å². The summed E-state index contributed by atoms with van der Waals surface area (Å²) in [7, 11) is 0. The summed E-state index contributed by atoms with van der Waals surface area (Å²) < 4.78 is 0. The summed E-state index contributed by atoms with van der Waals surface area (Å²) in [4.78, 5) is 18.0. The number of hydrogen-bond donors (Lipinski definition) is 1. The number of nitrogens with zero attached hydrogens (tertiary/aromatic N) is 2. The third kappa shape index (κ3) is 3.22. The highest BCUT2D eigenvalue weighted by Gasteiger charge is 2.56. The SMILES string of the molecule is O=C(N1CCN(CCO)CC1)C1(Cc2ccccc2)CC2CCC1C2. The van der Waals surface area contributed by atoms with E-state index >= 15 is 0 Å². The lowest BCUT2D eigenvalue weighted by Crippen LogP contribution is -2.55. The Morgan fingerprint density at radius 2 is 1.88 bits per heavy atom. The molecule has 3 unspecified atom stereocenters. The molecular formula is C21H30N2O2. The van der Waals surface area contributed by atoms with Gasteiger partial charge in [0, 0.05) is 32.7 Å². The number of β-amino-alcohol motifs (C(OH)–C–C–N with tert-alkyl or cyclic N) is 1. The number of carbonyl (C=O) groups excluding carboxylic acids is 1. The van der Waals surface area contributed by atoms with Crippen molar-refractivity contribution in [3.8, 4) is 0 Å². The molecule has 25 heavy (non-hydrogen) atoms. The van der Waals surface area contributed by atoms with Crippen molar-refractivity contribution < 1.29 is 9.90 Å². The number of carbonyl (C=O) groups is 1. The molecule has 3 fully saturated rings. The van der Waals surface area contributed by atoms with Gasteiger partial charge in [0.1, 0.15) is 0 Å². The molecule has 0 spiro atoms. The van der Waals surface area contributed by atoms with Gasteiger partial charge in [-0.3, -0.25) is 9.69 Å². The van der Waals surface area contributed by atoms with Crippen LogP contribution in [0.2, 0.25) is 0 Å². The molecule has 1 aromatic rings.